The second-order valence-corrected chi connectivity index (χ2v) is 9.17. The van der Waals surface area contributed by atoms with Gasteiger partial charge in [0.25, 0.3) is 5.91 Å². The predicted octanol–water partition coefficient (Wildman–Crippen LogP) is 2.97. The van der Waals surface area contributed by atoms with E-state index in [0.29, 0.717) is 0 Å². The number of carbonyl (C=O) groups is 2. The van der Waals surface area contributed by atoms with Crippen LogP contribution >= 0.6 is 0 Å². The standard InChI is InChI=1S/C22H28N2O5S/c1-16(2)24(17(3)4)21(25)15-29-22(26)19-11-8-12-20(13-19)30(27,28)23-14-18-9-6-5-7-10-18/h5-13,16-17,23H,14-15H2,1-4H3. The van der Waals surface area contributed by atoms with Gasteiger partial charge in [-0.15, -0.1) is 0 Å². The topological polar surface area (TPSA) is 92.8 Å². The zero-order valence-electron chi connectivity index (χ0n) is 17.7. The fourth-order valence-corrected chi connectivity index (χ4v) is 4.17. The van der Waals surface area contributed by atoms with Crippen LogP contribution in [0.1, 0.15) is 43.6 Å². The van der Waals surface area contributed by atoms with Crippen molar-refractivity contribution in [1.29, 1.82) is 0 Å². The van der Waals surface area contributed by atoms with Crippen molar-refractivity contribution in [2.45, 2.75) is 51.2 Å². The van der Waals surface area contributed by atoms with E-state index in [1.807, 2.05) is 58.0 Å². The monoisotopic (exact) mass is 432 g/mol. The average molecular weight is 433 g/mol. The average Bonchev–Trinajstić information content (AvgIpc) is 2.71. The van der Waals surface area contributed by atoms with Crippen LogP contribution in [0, 0.1) is 0 Å². The third kappa shape index (κ3) is 6.40. The summed E-state index contributed by atoms with van der Waals surface area (Å²) < 4.78 is 32.8. The highest BCUT2D eigenvalue weighted by molar-refractivity contribution is 7.89. The molecule has 0 heterocycles. The molecular weight excluding hydrogens is 404 g/mol. The maximum Gasteiger partial charge on any atom is 0.338 e. The summed E-state index contributed by atoms with van der Waals surface area (Å²) in [6.07, 6.45) is 0. The van der Waals surface area contributed by atoms with Gasteiger partial charge in [0.1, 0.15) is 0 Å². The van der Waals surface area contributed by atoms with E-state index in [-0.39, 0.29) is 35.0 Å². The first-order valence-electron chi connectivity index (χ1n) is 9.73. The molecule has 0 aliphatic carbocycles. The molecule has 0 saturated carbocycles. The van der Waals surface area contributed by atoms with Gasteiger partial charge in [-0.1, -0.05) is 36.4 Å². The van der Waals surface area contributed by atoms with Crippen molar-refractivity contribution in [3.63, 3.8) is 0 Å². The van der Waals surface area contributed by atoms with E-state index >= 15 is 0 Å². The van der Waals surface area contributed by atoms with Crippen LogP contribution in [0.4, 0.5) is 0 Å². The molecule has 0 aromatic heterocycles. The van der Waals surface area contributed by atoms with Crippen LogP contribution in [0.2, 0.25) is 0 Å². The Morgan fingerprint density at radius 1 is 0.967 bits per heavy atom. The minimum Gasteiger partial charge on any atom is -0.452 e. The molecule has 2 aromatic rings. The smallest absolute Gasteiger partial charge is 0.338 e. The Labute approximate surface area is 178 Å². The molecule has 0 radical (unpaired) electrons. The summed E-state index contributed by atoms with van der Waals surface area (Å²) >= 11 is 0. The molecule has 2 aromatic carbocycles. The Balaban J connectivity index is 2.05. The van der Waals surface area contributed by atoms with Gasteiger partial charge in [-0.05, 0) is 51.5 Å². The first kappa shape index (κ1) is 23.6. The van der Waals surface area contributed by atoms with Gasteiger partial charge in [0, 0.05) is 18.6 Å². The molecule has 0 aliphatic rings. The zero-order valence-corrected chi connectivity index (χ0v) is 18.5. The highest BCUT2D eigenvalue weighted by Crippen LogP contribution is 2.14. The number of rotatable bonds is 9. The van der Waals surface area contributed by atoms with Crippen molar-refractivity contribution in [3.8, 4) is 0 Å². The Morgan fingerprint density at radius 3 is 2.20 bits per heavy atom. The number of nitrogens with zero attached hydrogens (tertiary/aromatic N) is 1. The van der Waals surface area contributed by atoms with Gasteiger partial charge < -0.3 is 9.64 Å². The fourth-order valence-electron chi connectivity index (χ4n) is 3.11. The largest absolute Gasteiger partial charge is 0.452 e. The van der Waals surface area contributed by atoms with Gasteiger partial charge in [0.15, 0.2) is 6.61 Å². The van der Waals surface area contributed by atoms with E-state index in [0.717, 1.165) is 5.56 Å². The highest BCUT2D eigenvalue weighted by atomic mass is 32.2. The van der Waals surface area contributed by atoms with Gasteiger partial charge in [-0.3, -0.25) is 4.79 Å². The Bertz CT molecular complexity index is 964. The molecule has 2 rings (SSSR count). The van der Waals surface area contributed by atoms with Crippen molar-refractivity contribution in [3.05, 3.63) is 65.7 Å². The number of benzene rings is 2. The normalized spacial score (nSPS) is 11.5. The van der Waals surface area contributed by atoms with E-state index in [9.17, 15) is 18.0 Å². The summed E-state index contributed by atoms with van der Waals surface area (Å²) in [5.41, 5.74) is 0.876. The fraction of sp³-hybridized carbons (Fsp3) is 0.364. The summed E-state index contributed by atoms with van der Waals surface area (Å²) in [6, 6.07) is 14.6. The van der Waals surface area contributed by atoms with Crippen molar-refractivity contribution in [1.82, 2.24) is 9.62 Å². The number of carbonyl (C=O) groups excluding carboxylic acids is 2. The maximum atomic E-state index is 12.6. The molecular formula is C22H28N2O5S. The summed E-state index contributed by atoms with van der Waals surface area (Å²) in [7, 11) is -3.81. The van der Waals surface area contributed by atoms with Gasteiger partial charge in [0.05, 0.1) is 10.5 Å². The van der Waals surface area contributed by atoms with Gasteiger partial charge in [0.2, 0.25) is 10.0 Å². The third-order valence-corrected chi connectivity index (χ3v) is 5.82. The molecule has 0 spiro atoms. The van der Waals surface area contributed by atoms with E-state index in [1.54, 1.807) is 4.90 Å². The summed E-state index contributed by atoms with van der Waals surface area (Å²) in [5.74, 6) is -1.06. The molecule has 0 saturated heterocycles. The molecule has 0 fully saturated rings. The summed E-state index contributed by atoms with van der Waals surface area (Å²) in [5, 5.41) is 0. The van der Waals surface area contributed by atoms with E-state index < -0.39 is 22.6 Å². The van der Waals surface area contributed by atoms with Gasteiger partial charge in [-0.25, -0.2) is 17.9 Å². The first-order valence-corrected chi connectivity index (χ1v) is 11.2. The Kier molecular flexibility index (Phi) is 8.14. The number of ether oxygens (including phenoxy) is 1. The molecule has 7 nitrogen and oxygen atoms in total. The van der Waals surface area contributed by atoms with Crippen LogP contribution in [0.15, 0.2) is 59.5 Å². The second kappa shape index (κ2) is 10.4. The molecule has 162 valence electrons. The first-order chi connectivity index (χ1) is 14.1. The molecule has 0 bridgehead atoms. The van der Waals surface area contributed by atoms with Crippen LogP contribution in [-0.2, 0) is 26.1 Å². The lowest BCUT2D eigenvalue weighted by Gasteiger charge is -2.30. The molecule has 30 heavy (non-hydrogen) atoms. The Hall–Kier alpha value is -2.71. The number of amides is 1. The SMILES string of the molecule is CC(C)N(C(=O)COC(=O)c1cccc(S(=O)(=O)NCc2ccccc2)c1)C(C)C. The minimum absolute atomic E-state index is 0.0274. The lowest BCUT2D eigenvalue weighted by atomic mass is 10.2. The molecule has 1 amide bonds. The van der Waals surface area contributed by atoms with Crippen LogP contribution in [-0.4, -0.2) is 43.9 Å². The lowest BCUT2D eigenvalue weighted by molar-refractivity contribution is -0.138. The third-order valence-electron chi connectivity index (χ3n) is 4.42. The zero-order chi connectivity index (χ0) is 22.3. The van der Waals surface area contributed by atoms with Gasteiger partial charge >= 0.3 is 5.97 Å². The molecule has 0 unspecified atom stereocenters. The maximum absolute atomic E-state index is 12.6. The van der Waals surface area contributed by atoms with Crippen molar-refractivity contribution < 1.29 is 22.7 Å². The van der Waals surface area contributed by atoms with Crippen LogP contribution < -0.4 is 4.72 Å². The van der Waals surface area contributed by atoms with E-state index in [4.69, 9.17) is 4.74 Å². The molecule has 0 atom stereocenters. The number of esters is 1. The van der Waals surface area contributed by atoms with Crippen molar-refractivity contribution >= 4 is 21.9 Å². The van der Waals surface area contributed by atoms with Crippen molar-refractivity contribution in [2.75, 3.05) is 6.61 Å². The predicted molar refractivity (Wildman–Crippen MR) is 114 cm³/mol. The lowest BCUT2D eigenvalue weighted by Crippen LogP contribution is -2.44. The van der Waals surface area contributed by atoms with Crippen LogP contribution in [0.3, 0.4) is 0 Å². The number of hydrogen-bond donors (Lipinski definition) is 1. The quantitative estimate of drug-likeness (QED) is 0.615. The molecule has 0 aliphatic heterocycles. The summed E-state index contributed by atoms with van der Waals surface area (Å²) in [6.45, 7) is 7.27. The number of hydrogen-bond acceptors (Lipinski definition) is 5. The van der Waals surface area contributed by atoms with E-state index in [2.05, 4.69) is 4.72 Å². The minimum atomic E-state index is -3.81. The number of nitrogens with one attached hydrogen (secondary N) is 1. The highest BCUT2D eigenvalue weighted by Gasteiger charge is 2.22. The van der Waals surface area contributed by atoms with Crippen molar-refractivity contribution in [2.24, 2.45) is 0 Å². The van der Waals surface area contributed by atoms with Crippen LogP contribution in [0.25, 0.3) is 0 Å². The molecule has 1 N–H and O–H groups in total. The van der Waals surface area contributed by atoms with Gasteiger partial charge in [-0.2, -0.15) is 0 Å². The summed E-state index contributed by atoms with van der Waals surface area (Å²) in [4.78, 5) is 26.3. The van der Waals surface area contributed by atoms with E-state index in [1.165, 1.54) is 24.3 Å². The number of sulfonamides is 1. The Morgan fingerprint density at radius 2 is 1.60 bits per heavy atom. The second-order valence-electron chi connectivity index (χ2n) is 7.40. The van der Waals surface area contributed by atoms with Crippen LogP contribution in [0.5, 0.6) is 0 Å². The molecule has 8 heteroatoms.